The highest BCUT2D eigenvalue weighted by atomic mass is 35.5. The van der Waals surface area contributed by atoms with E-state index in [1.807, 2.05) is 29.2 Å². The molecule has 0 fully saturated rings. The van der Waals surface area contributed by atoms with Crippen LogP contribution in [-0.4, -0.2) is 39.8 Å². The minimum atomic E-state index is -0.0881. The van der Waals surface area contributed by atoms with Gasteiger partial charge in [-0.05, 0) is 17.7 Å². The van der Waals surface area contributed by atoms with Crippen molar-refractivity contribution < 1.29 is 4.79 Å². The van der Waals surface area contributed by atoms with Crippen molar-refractivity contribution in [3.8, 4) is 0 Å². The monoisotopic (exact) mass is 301 g/mol. The van der Waals surface area contributed by atoms with Gasteiger partial charge in [0.25, 0.3) is 5.91 Å². The molecule has 1 amide bonds. The maximum atomic E-state index is 12.3. The molecule has 0 unspecified atom stereocenters. The van der Waals surface area contributed by atoms with E-state index in [0.29, 0.717) is 42.1 Å². The van der Waals surface area contributed by atoms with Crippen LogP contribution in [0.25, 0.3) is 0 Å². The summed E-state index contributed by atoms with van der Waals surface area (Å²) in [6.45, 7) is 1.84. The lowest BCUT2D eigenvalue weighted by atomic mass is 10.2. The molecule has 0 aliphatic carbocycles. The number of H-pyrrole nitrogens is 1. The zero-order valence-electron chi connectivity index (χ0n) is 11.1. The fraction of sp³-hybridized carbons (Fsp3) is 0.214. The van der Waals surface area contributed by atoms with Gasteiger partial charge in [-0.15, -0.1) is 0 Å². The summed E-state index contributed by atoms with van der Waals surface area (Å²) < 4.78 is 0. The first kappa shape index (κ1) is 12.4. The second kappa shape index (κ2) is 4.60. The molecule has 0 radical (unpaired) electrons. The van der Waals surface area contributed by atoms with Gasteiger partial charge in [-0.2, -0.15) is 0 Å². The summed E-state index contributed by atoms with van der Waals surface area (Å²) in [6.07, 6.45) is 1.54. The number of fused-ring (bicyclic) bond motifs is 2. The highest BCUT2D eigenvalue weighted by Gasteiger charge is 2.39. The predicted octanol–water partition coefficient (Wildman–Crippen LogP) is 1.90. The van der Waals surface area contributed by atoms with E-state index in [1.54, 1.807) is 11.2 Å². The third-order valence-corrected chi connectivity index (χ3v) is 3.90. The van der Waals surface area contributed by atoms with E-state index in [2.05, 4.69) is 15.0 Å². The standard InChI is InChI=1S/C14H12ClN5O/c15-10-3-1-9(2-4-10)7-20-12-11(17-8-18-12)13(21)19-6-5-16-14(19)20/h1-4,8H,5-7H2,(H,17,18). The van der Waals surface area contributed by atoms with E-state index in [9.17, 15) is 4.79 Å². The van der Waals surface area contributed by atoms with E-state index in [0.717, 1.165) is 5.56 Å². The third-order valence-electron chi connectivity index (χ3n) is 3.65. The number of hydrogen-bond acceptors (Lipinski definition) is 4. The van der Waals surface area contributed by atoms with Crippen molar-refractivity contribution in [3.05, 3.63) is 46.9 Å². The number of amides is 1. The Kier molecular flexibility index (Phi) is 2.71. The van der Waals surface area contributed by atoms with Gasteiger partial charge in [-0.1, -0.05) is 23.7 Å². The van der Waals surface area contributed by atoms with Gasteiger partial charge >= 0.3 is 0 Å². The Morgan fingerprint density at radius 2 is 2.10 bits per heavy atom. The summed E-state index contributed by atoms with van der Waals surface area (Å²) in [7, 11) is 0. The Bertz CT molecular complexity index is 736. The average Bonchev–Trinajstić information content (AvgIpc) is 3.15. The number of nitrogens with zero attached hydrogens (tertiary/aromatic N) is 4. The number of imidazole rings is 1. The van der Waals surface area contributed by atoms with E-state index >= 15 is 0 Å². The topological polar surface area (TPSA) is 64.6 Å². The Morgan fingerprint density at radius 3 is 2.90 bits per heavy atom. The summed E-state index contributed by atoms with van der Waals surface area (Å²) in [5.74, 6) is 1.30. The molecule has 0 saturated carbocycles. The largest absolute Gasteiger partial charge is 0.330 e. The smallest absolute Gasteiger partial charge is 0.283 e. The molecular weight excluding hydrogens is 290 g/mol. The molecule has 3 heterocycles. The Morgan fingerprint density at radius 1 is 1.29 bits per heavy atom. The van der Waals surface area contributed by atoms with Crippen molar-refractivity contribution in [3.63, 3.8) is 0 Å². The fourth-order valence-corrected chi connectivity index (χ4v) is 2.78. The number of guanidine groups is 1. The Balaban J connectivity index is 1.74. The summed E-state index contributed by atoms with van der Waals surface area (Å²) in [5.41, 5.74) is 1.54. The van der Waals surface area contributed by atoms with Gasteiger partial charge in [-0.25, -0.2) is 4.98 Å². The van der Waals surface area contributed by atoms with E-state index < -0.39 is 0 Å². The normalized spacial score (nSPS) is 16.8. The van der Waals surface area contributed by atoms with Crippen molar-refractivity contribution in [2.45, 2.75) is 6.54 Å². The Hall–Kier alpha value is -2.34. The first-order chi connectivity index (χ1) is 10.2. The first-order valence-corrected chi connectivity index (χ1v) is 7.03. The molecule has 0 saturated heterocycles. The number of carbonyl (C=O) groups excluding carboxylic acids is 1. The summed E-state index contributed by atoms with van der Waals surface area (Å²) in [6, 6.07) is 7.64. The lowest BCUT2D eigenvalue weighted by Gasteiger charge is -2.33. The molecule has 1 aromatic heterocycles. The first-order valence-electron chi connectivity index (χ1n) is 6.66. The number of aliphatic imine (C=N–C) groups is 1. The number of anilines is 1. The zero-order chi connectivity index (χ0) is 14.4. The van der Waals surface area contributed by atoms with Crippen LogP contribution in [-0.2, 0) is 6.54 Å². The van der Waals surface area contributed by atoms with Gasteiger partial charge in [0, 0.05) is 11.6 Å². The van der Waals surface area contributed by atoms with E-state index in [4.69, 9.17) is 11.6 Å². The van der Waals surface area contributed by atoms with Crippen LogP contribution < -0.4 is 4.90 Å². The number of halogens is 1. The molecule has 21 heavy (non-hydrogen) atoms. The zero-order valence-corrected chi connectivity index (χ0v) is 11.8. The average molecular weight is 302 g/mol. The molecule has 1 aromatic carbocycles. The van der Waals surface area contributed by atoms with Crippen LogP contribution in [0.1, 0.15) is 16.1 Å². The van der Waals surface area contributed by atoms with Crippen LogP contribution in [0.3, 0.4) is 0 Å². The molecule has 0 atom stereocenters. The van der Waals surface area contributed by atoms with Crippen LogP contribution in [0.5, 0.6) is 0 Å². The maximum Gasteiger partial charge on any atom is 0.283 e. The summed E-state index contributed by atoms with van der Waals surface area (Å²) in [4.78, 5) is 27.6. The lowest BCUT2D eigenvalue weighted by Crippen LogP contribution is -2.49. The molecule has 2 aromatic rings. The fourth-order valence-electron chi connectivity index (χ4n) is 2.66. The van der Waals surface area contributed by atoms with E-state index in [-0.39, 0.29) is 5.91 Å². The van der Waals surface area contributed by atoms with Crippen molar-refractivity contribution >= 4 is 29.3 Å². The van der Waals surface area contributed by atoms with Gasteiger partial charge in [-0.3, -0.25) is 19.6 Å². The molecule has 6 nitrogen and oxygen atoms in total. The minimum Gasteiger partial charge on any atom is -0.330 e. The molecule has 1 N–H and O–H groups in total. The maximum absolute atomic E-state index is 12.3. The van der Waals surface area contributed by atoms with Gasteiger partial charge in [0.05, 0.1) is 19.4 Å². The molecular formula is C14H12ClN5O. The van der Waals surface area contributed by atoms with Crippen LogP contribution in [0.2, 0.25) is 5.02 Å². The van der Waals surface area contributed by atoms with Gasteiger partial charge in [0.15, 0.2) is 5.69 Å². The SMILES string of the molecule is O=C1c2nc[nH]c2N(Cc2ccc(Cl)cc2)C2=NCCN12. The Labute approximate surface area is 126 Å². The highest BCUT2D eigenvalue weighted by Crippen LogP contribution is 2.28. The molecule has 0 spiro atoms. The lowest BCUT2D eigenvalue weighted by molar-refractivity contribution is 0.0846. The number of nitrogens with one attached hydrogen (secondary N) is 1. The van der Waals surface area contributed by atoms with Gasteiger partial charge in [0.1, 0.15) is 5.82 Å². The number of benzene rings is 1. The van der Waals surface area contributed by atoms with Crippen molar-refractivity contribution in [1.29, 1.82) is 0 Å². The molecule has 0 bridgehead atoms. The number of aromatic nitrogens is 2. The highest BCUT2D eigenvalue weighted by molar-refractivity contribution is 6.30. The second-order valence-electron chi connectivity index (χ2n) is 4.95. The molecule has 106 valence electrons. The van der Waals surface area contributed by atoms with Crippen molar-refractivity contribution in [1.82, 2.24) is 14.9 Å². The number of rotatable bonds is 2. The number of carbonyl (C=O) groups is 1. The van der Waals surface area contributed by atoms with Gasteiger partial charge < -0.3 is 4.98 Å². The minimum absolute atomic E-state index is 0.0881. The van der Waals surface area contributed by atoms with Crippen LogP contribution >= 0.6 is 11.6 Å². The van der Waals surface area contributed by atoms with Crippen LogP contribution in [0, 0.1) is 0 Å². The molecule has 7 heteroatoms. The van der Waals surface area contributed by atoms with Crippen molar-refractivity contribution in [2.75, 3.05) is 18.0 Å². The van der Waals surface area contributed by atoms with Crippen molar-refractivity contribution in [2.24, 2.45) is 4.99 Å². The molecule has 2 aliphatic rings. The van der Waals surface area contributed by atoms with E-state index in [1.165, 1.54) is 0 Å². The quantitative estimate of drug-likeness (QED) is 0.921. The van der Waals surface area contributed by atoms with Crippen LogP contribution in [0.4, 0.5) is 5.82 Å². The molecule has 2 aliphatic heterocycles. The number of hydrogen-bond donors (Lipinski definition) is 1. The second-order valence-corrected chi connectivity index (χ2v) is 5.39. The van der Waals surface area contributed by atoms with Gasteiger partial charge in [0.2, 0.25) is 5.96 Å². The molecule has 4 rings (SSSR count). The predicted molar refractivity (Wildman–Crippen MR) is 79.6 cm³/mol. The number of aromatic amines is 1. The summed E-state index contributed by atoms with van der Waals surface area (Å²) in [5, 5.41) is 0.703. The van der Waals surface area contributed by atoms with Crippen LogP contribution in [0.15, 0.2) is 35.6 Å². The summed E-state index contributed by atoms with van der Waals surface area (Å²) >= 11 is 5.92. The third kappa shape index (κ3) is 1.91.